The van der Waals surface area contributed by atoms with Crippen molar-refractivity contribution in [2.45, 2.75) is 25.8 Å². The summed E-state index contributed by atoms with van der Waals surface area (Å²) >= 11 is 0. The van der Waals surface area contributed by atoms with E-state index in [9.17, 15) is 8.42 Å². The van der Waals surface area contributed by atoms with Crippen LogP contribution in [0.3, 0.4) is 0 Å². The van der Waals surface area contributed by atoms with Crippen LogP contribution >= 0.6 is 0 Å². The van der Waals surface area contributed by atoms with E-state index in [1.807, 2.05) is 6.92 Å². The van der Waals surface area contributed by atoms with Crippen LogP contribution in [-0.2, 0) is 10.0 Å². The summed E-state index contributed by atoms with van der Waals surface area (Å²) in [5, 5.41) is 8.73. The first-order chi connectivity index (χ1) is 5.96. The summed E-state index contributed by atoms with van der Waals surface area (Å²) in [4.78, 5) is 0. The Morgan fingerprint density at radius 3 is 2.54 bits per heavy atom. The van der Waals surface area contributed by atoms with Crippen LogP contribution in [0.5, 0.6) is 0 Å². The fraction of sp³-hybridized carbons (Fsp3) is 1.00. The lowest BCUT2D eigenvalue weighted by Crippen LogP contribution is -2.53. The lowest BCUT2D eigenvalue weighted by molar-refractivity contribution is 0.122. The van der Waals surface area contributed by atoms with E-state index < -0.39 is 10.0 Å². The van der Waals surface area contributed by atoms with Gasteiger partial charge in [-0.3, -0.25) is 0 Å². The molecule has 78 valence electrons. The summed E-state index contributed by atoms with van der Waals surface area (Å²) in [6, 6.07) is 0.113. The molecule has 1 N–H and O–H groups in total. The highest BCUT2D eigenvalue weighted by molar-refractivity contribution is 7.88. The fourth-order valence-corrected chi connectivity index (χ4v) is 3.00. The third-order valence-corrected chi connectivity index (χ3v) is 3.99. The van der Waals surface area contributed by atoms with Crippen LogP contribution in [0.15, 0.2) is 0 Å². The summed E-state index contributed by atoms with van der Waals surface area (Å²) in [5.41, 5.74) is 0. The molecule has 0 aromatic carbocycles. The molecule has 1 rings (SSSR count). The van der Waals surface area contributed by atoms with E-state index in [-0.39, 0.29) is 18.6 Å². The molecule has 1 aliphatic rings. The first-order valence-corrected chi connectivity index (χ1v) is 6.39. The van der Waals surface area contributed by atoms with E-state index in [2.05, 4.69) is 0 Å². The van der Waals surface area contributed by atoms with Crippen molar-refractivity contribution in [1.29, 1.82) is 0 Å². The quantitative estimate of drug-likeness (QED) is 0.708. The first-order valence-electron chi connectivity index (χ1n) is 4.54. The Bertz CT molecular complexity index is 263. The Balaban J connectivity index is 2.54. The Morgan fingerprint density at radius 2 is 2.23 bits per heavy atom. The van der Waals surface area contributed by atoms with E-state index in [1.54, 1.807) is 0 Å². The maximum absolute atomic E-state index is 11.2. The lowest BCUT2D eigenvalue weighted by Gasteiger charge is -2.42. The van der Waals surface area contributed by atoms with Crippen LogP contribution in [0.4, 0.5) is 0 Å². The zero-order valence-electron chi connectivity index (χ0n) is 8.10. The molecule has 13 heavy (non-hydrogen) atoms. The topological polar surface area (TPSA) is 57.6 Å². The van der Waals surface area contributed by atoms with Crippen molar-refractivity contribution in [2.24, 2.45) is 5.92 Å². The number of aliphatic hydroxyl groups excluding tert-OH is 1. The van der Waals surface area contributed by atoms with Crippen LogP contribution in [0.2, 0.25) is 0 Å². The van der Waals surface area contributed by atoms with Crippen molar-refractivity contribution in [3.05, 3.63) is 0 Å². The van der Waals surface area contributed by atoms with Gasteiger partial charge >= 0.3 is 0 Å². The van der Waals surface area contributed by atoms with Gasteiger partial charge in [-0.25, -0.2) is 8.42 Å². The summed E-state index contributed by atoms with van der Waals surface area (Å²) < 4.78 is 23.9. The average molecular weight is 207 g/mol. The van der Waals surface area contributed by atoms with Gasteiger partial charge in [0.05, 0.1) is 6.26 Å². The highest BCUT2D eigenvalue weighted by Crippen LogP contribution is 2.28. The molecule has 0 spiro atoms. The highest BCUT2D eigenvalue weighted by atomic mass is 32.2. The maximum atomic E-state index is 11.2. The zero-order chi connectivity index (χ0) is 10.1. The van der Waals surface area contributed by atoms with E-state index >= 15 is 0 Å². The third kappa shape index (κ3) is 2.42. The van der Waals surface area contributed by atoms with Crippen molar-refractivity contribution in [1.82, 2.24) is 4.31 Å². The molecule has 0 aliphatic carbocycles. The molecule has 0 amide bonds. The molecule has 5 heteroatoms. The second-order valence-electron chi connectivity index (χ2n) is 3.72. The van der Waals surface area contributed by atoms with Crippen molar-refractivity contribution < 1.29 is 13.5 Å². The normalized spacial score (nSPS) is 26.8. The van der Waals surface area contributed by atoms with E-state index in [4.69, 9.17) is 5.11 Å². The van der Waals surface area contributed by atoms with Crippen LogP contribution in [0.1, 0.15) is 19.8 Å². The van der Waals surface area contributed by atoms with Gasteiger partial charge in [0.2, 0.25) is 10.0 Å². The predicted octanol–water partition coefficient (Wildman–Crippen LogP) is 0.0388. The molecule has 0 aromatic heterocycles. The molecule has 0 aromatic rings. The standard InChI is InChI=1S/C8H17NO3S/c1-7(4-6-10)8-3-5-9(8)13(2,11)12/h7-8,10H,3-6H2,1-2H3. The number of nitrogens with zero attached hydrogens (tertiary/aromatic N) is 1. The van der Waals surface area contributed by atoms with E-state index in [0.717, 1.165) is 6.42 Å². The molecule has 2 unspecified atom stereocenters. The Morgan fingerprint density at radius 1 is 1.62 bits per heavy atom. The monoisotopic (exact) mass is 207 g/mol. The van der Waals surface area contributed by atoms with E-state index in [0.29, 0.717) is 13.0 Å². The van der Waals surface area contributed by atoms with Crippen LogP contribution < -0.4 is 0 Å². The molecule has 0 bridgehead atoms. The molecule has 4 nitrogen and oxygen atoms in total. The van der Waals surface area contributed by atoms with Crippen molar-refractivity contribution in [3.8, 4) is 0 Å². The molecule has 0 radical (unpaired) electrons. The highest BCUT2D eigenvalue weighted by Gasteiger charge is 2.37. The smallest absolute Gasteiger partial charge is 0.211 e. The maximum Gasteiger partial charge on any atom is 0.211 e. The number of hydrogen-bond donors (Lipinski definition) is 1. The molecule has 1 heterocycles. The SMILES string of the molecule is CC(CCO)C1CCN1S(C)(=O)=O. The van der Waals surface area contributed by atoms with Gasteiger partial charge in [0.1, 0.15) is 0 Å². The molecule has 1 saturated heterocycles. The first kappa shape index (κ1) is 10.9. The number of sulfonamides is 1. The number of hydrogen-bond acceptors (Lipinski definition) is 3. The van der Waals surface area contributed by atoms with Gasteiger partial charge in [0.15, 0.2) is 0 Å². The van der Waals surface area contributed by atoms with Gasteiger partial charge in [-0.05, 0) is 18.8 Å². The minimum atomic E-state index is -3.03. The fourth-order valence-electron chi connectivity index (χ4n) is 1.76. The second-order valence-corrected chi connectivity index (χ2v) is 5.65. The molecular weight excluding hydrogens is 190 g/mol. The zero-order valence-corrected chi connectivity index (χ0v) is 8.92. The minimum Gasteiger partial charge on any atom is -0.396 e. The average Bonchev–Trinajstić information content (AvgIpc) is 1.79. The van der Waals surface area contributed by atoms with Gasteiger partial charge in [0, 0.05) is 19.2 Å². The van der Waals surface area contributed by atoms with Gasteiger partial charge in [-0.15, -0.1) is 0 Å². The second kappa shape index (κ2) is 3.94. The largest absolute Gasteiger partial charge is 0.396 e. The summed E-state index contributed by atoms with van der Waals surface area (Å²) in [7, 11) is -3.03. The third-order valence-electron chi connectivity index (χ3n) is 2.68. The van der Waals surface area contributed by atoms with E-state index in [1.165, 1.54) is 10.6 Å². The lowest BCUT2D eigenvalue weighted by atomic mass is 9.91. The van der Waals surface area contributed by atoms with Crippen LogP contribution in [-0.4, -0.2) is 43.3 Å². The van der Waals surface area contributed by atoms with Gasteiger partial charge in [0.25, 0.3) is 0 Å². The Kier molecular flexibility index (Phi) is 3.32. The van der Waals surface area contributed by atoms with Gasteiger partial charge in [-0.1, -0.05) is 6.92 Å². The summed E-state index contributed by atoms with van der Waals surface area (Å²) in [5.74, 6) is 0.258. The minimum absolute atomic E-state index is 0.113. The molecular formula is C8H17NO3S. The molecule has 1 fully saturated rings. The van der Waals surface area contributed by atoms with Crippen molar-refractivity contribution in [3.63, 3.8) is 0 Å². The molecule has 2 atom stereocenters. The summed E-state index contributed by atoms with van der Waals surface area (Å²) in [6.07, 6.45) is 2.84. The van der Waals surface area contributed by atoms with Gasteiger partial charge < -0.3 is 5.11 Å². The van der Waals surface area contributed by atoms with Crippen molar-refractivity contribution >= 4 is 10.0 Å². The Hall–Kier alpha value is -0.130. The van der Waals surface area contributed by atoms with Crippen LogP contribution in [0, 0.1) is 5.92 Å². The predicted molar refractivity (Wildman–Crippen MR) is 50.8 cm³/mol. The summed E-state index contributed by atoms with van der Waals surface area (Å²) in [6.45, 7) is 2.76. The molecule has 0 saturated carbocycles. The number of aliphatic hydroxyl groups is 1. The number of rotatable bonds is 4. The Labute approximate surface area is 79.6 Å². The molecule has 1 aliphatic heterocycles. The van der Waals surface area contributed by atoms with Gasteiger partial charge in [-0.2, -0.15) is 4.31 Å². The van der Waals surface area contributed by atoms with Crippen LogP contribution in [0.25, 0.3) is 0 Å². The van der Waals surface area contributed by atoms with Crippen molar-refractivity contribution in [2.75, 3.05) is 19.4 Å².